The fourth-order valence-corrected chi connectivity index (χ4v) is 1.28. The molecule has 0 radical (unpaired) electrons. The number of methoxy groups -OCH3 is 1. The van der Waals surface area contributed by atoms with Gasteiger partial charge in [0.2, 0.25) is 0 Å². The van der Waals surface area contributed by atoms with Crippen LogP contribution in [0.3, 0.4) is 0 Å². The van der Waals surface area contributed by atoms with Crippen LogP contribution in [0.2, 0.25) is 0 Å². The fraction of sp³-hybridized carbons (Fsp3) is 0.462. The van der Waals surface area contributed by atoms with E-state index in [9.17, 15) is 0 Å². The number of hydrogen-bond acceptors (Lipinski definition) is 3. The minimum Gasteiger partial charge on any atom is -0.377 e. The third kappa shape index (κ3) is 4.01. The second kappa shape index (κ2) is 5.64. The van der Waals surface area contributed by atoms with Crippen LogP contribution in [0.15, 0.2) is 24.3 Å². The van der Waals surface area contributed by atoms with Crippen LogP contribution in [0.5, 0.6) is 0 Å². The summed E-state index contributed by atoms with van der Waals surface area (Å²) in [4.78, 5) is 0. The Bertz CT molecular complexity index is 363. The summed E-state index contributed by atoms with van der Waals surface area (Å²) in [6.45, 7) is 5.67. The second-order valence-corrected chi connectivity index (χ2v) is 4.38. The molecule has 0 unspecified atom stereocenters. The molecule has 0 aliphatic rings. The third-order valence-electron chi connectivity index (χ3n) is 2.52. The Hall–Kier alpha value is -1.37. The summed E-state index contributed by atoms with van der Waals surface area (Å²) in [7, 11) is 1.71. The Kier molecular flexibility index (Phi) is 4.48. The quantitative estimate of drug-likeness (QED) is 0.823. The minimum absolute atomic E-state index is 0.146. The molecular formula is C13H18N2O. The SMILES string of the molecule is COC(C)(C)CNCc1ccc(C#N)cc1. The van der Waals surface area contributed by atoms with Gasteiger partial charge in [0.05, 0.1) is 17.2 Å². The fourth-order valence-electron chi connectivity index (χ4n) is 1.28. The highest BCUT2D eigenvalue weighted by atomic mass is 16.5. The lowest BCUT2D eigenvalue weighted by Crippen LogP contribution is -2.36. The van der Waals surface area contributed by atoms with Gasteiger partial charge >= 0.3 is 0 Å². The van der Waals surface area contributed by atoms with E-state index in [0.29, 0.717) is 5.56 Å². The molecule has 1 aromatic carbocycles. The number of ether oxygens (including phenoxy) is 1. The molecule has 0 aliphatic heterocycles. The molecule has 1 rings (SSSR count). The zero-order chi connectivity index (χ0) is 12.0. The molecule has 0 heterocycles. The first kappa shape index (κ1) is 12.7. The van der Waals surface area contributed by atoms with Crippen LogP contribution >= 0.6 is 0 Å². The number of nitrogens with one attached hydrogen (secondary N) is 1. The zero-order valence-electron chi connectivity index (χ0n) is 10.1. The van der Waals surface area contributed by atoms with Gasteiger partial charge in [0, 0.05) is 20.2 Å². The molecule has 0 fully saturated rings. The molecule has 0 spiro atoms. The van der Waals surface area contributed by atoms with E-state index in [4.69, 9.17) is 10.00 Å². The molecule has 0 amide bonds. The van der Waals surface area contributed by atoms with Crippen LogP contribution in [0, 0.1) is 11.3 Å². The number of rotatable bonds is 5. The average molecular weight is 218 g/mol. The standard InChI is InChI=1S/C13H18N2O/c1-13(2,16-3)10-15-9-12-6-4-11(8-14)5-7-12/h4-7,15H,9-10H2,1-3H3. The number of benzene rings is 1. The molecular weight excluding hydrogens is 200 g/mol. The smallest absolute Gasteiger partial charge is 0.0991 e. The van der Waals surface area contributed by atoms with Crippen molar-refractivity contribution in [2.24, 2.45) is 0 Å². The van der Waals surface area contributed by atoms with Gasteiger partial charge in [0.1, 0.15) is 0 Å². The summed E-state index contributed by atoms with van der Waals surface area (Å²) in [5.41, 5.74) is 1.72. The van der Waals surface area contributed by atoms with Gasteiger partial charge in [-0.3, -0.25) is 0 Å². The summed E-state index contributed by atoms with van der Waals surface area (Å²) >= 11 is 0. The van der Waals surface area contributed by atoms with Gasteiger partial charge in [-0.15, -0.1) is 0 Å². The van der Waals surface area contributed by atoms with Crippen molar-refractivity contribution in [1.82, 2.24) is 5.32 Å². The summed E-state index contributed by atoms with van der Waals surface area (Å²) < 4.78 is 5.31. The van der Waals surface area contributed by atoms with Gasteiger partial charge in [-0.2, -0.15) is 5.26 Å². The highest BCUT2D eigenvalue weighted by molar-refractivity contribution is 5.31. The zero-order valence-corrected chi connectivity index (χ0v) is 10.1. The Balaban J connectivity index is 2.41. The van der Waals surface area contributed by atoms with E-state index >= 15 is 0 Å². The number of hydrogen-bond donors (Lipinski definition) is 1. The predicted octanol–water partition coefficient (Wildman–Crippen LogP) is 2.07. The maximum atomic E-state index is 8.66. The normalized spacial score (nSPS) is 11.1. The molecule has 1 N–H and O–H groups in total. The monoisotopic (exact) mass is 218 g/mol. The lowest BCUT2D eigenvalue weighted by molar-refractivity contribution is 0.0231. The van der Waals surface area contributed by atoms with Crippen LogP contribution in [0.25, 0.3) is 0 Å². The van der Waals surface area contributed by atoms with E-state index in [1.165, 1.54) is 5.56 Å². The molecule has 0 atom stereocenters. The molecule has 3 heteroatoms. The average Bonchev–Trinajstić information content (AvgIpc) is 2.30. The van der Waals surface area contributed by atoms with Gasteiger partial charge < -0.3 is 10.1 Å². The van der Waals surface area contributed by atoms with E-state index < -0.39 is 0 Å². The number of nitrogens with zero attached hydrogens (tertiary/aromatic N) is 1. The van der Waals surface area contributed by atoms with Crippen LogP contribution in [0.4, 0.5) is 0 Å². The maximum absolute atomic E-state index is 8.66. The van der Waals surface area contributed by atoms with Gasteiger partial charge in [0.15, 0.2) is 0 Å². The van der Waals surface area contributed by atoms with Gasteiger partial charge in [-0.1, -0.05) is 12.1 Å². The lowest BCUT2D eigenvalue weighted by Gasteiger charge is -2.23. The molecule has 0 bridgehead atoms. The van der Waals surface area contributed by atoms with E-state index in [2.05, 4.69) is 11.4 Å². The van der Waals surface area contributed by atoms with Gasteiger partial charge in [-0.25, -0.2) is 0 Å². The van der Waals surface area contributed by atoms with E-state index in [1.807, 2.05) is 38.1 Å². The number of nitriles is 1. The van der Waals surface area contributed by atoms with Crippen LogP contribution in [0.1, 0.15) is 25.0 Å². The van der Waals surface area contributed by atoms with Crippen molar-refractivity contribution in [2.75, 3.05) is 13.7 Å². The maximum Gasteiger partial charge on any atom is 0.0991 e. The molecule has 16 heavy (non-hydrogen) atoms. The lowest BCUT2D eigenvalue weighted by atomic mass is 10.1. The Morgan fingerprint density at radius 1 is 1.31 bits per heavy atom. The van der Waals surface area contributed by atoms with Crippen LogP contribution in [-0.2, 0) is 11.3 Å². The first-order valence-electron chi connectivity index (χ1n) is 5.32. The second-order valence-electron chi connectivity index (χ2n) is 4.38. The molecule has 86 valence electrons. The van der Waals surface area contributed by atoms with Crippen LogP contribution < -0.4 is 5.32 Å². The molecule has 0 aromatic heterocycles. The van der Waals surface area contributed by atoms with Gasteiger partial charge in [0.25, 0.3) is 0 Å². The van der Waals surface area contributed by atoms with Crippen molar-refractivity contribution >= 4 is 0 Å². The molecule has 0 saturated heterocycles. The van der Waals surface area contributed by atoms with Crippen molar-refractivity contribution < 1.29 is 4.74 Å². The molecule has 3 nitrogen and oxygen atoms in total. The van der Waals surface area contributed by atoms with Gasteiger partial charge in [-0.05, 0) is 31.5 Å². The molecule has 1 aromatic rings. The summed E-state index contributed by atoms with van der Waals surface area (Å²) in [5.74, 6) is 0. The summed E-state index contributed by atoms with van der Waals surface area (Å²) in [6.07, 6.45) is 0. The predicted molar refractivity (Wildman–Crippen MR) is 64.0 cm³/mol. The van der Waals surface area contributed by atoms with E-state index in [-0.39, 0.29) is 5.60 Å². The Morgan fingerprint density at radius 2 is 1.94 bits per heavy atom. The first-order chi connectivity index (χ1) is 7.57. The van der Waals surface area contributed by atoms with Crippen LogP contribution in [-0.4, -0.2) is 19.3 Å². The highest BCUT2D eigenvalue weighted by Crippen LogP contribution is 2.06. The Morgan fingerprint density at radius 3 is 2.44 bits per heavy atom. The highest BCUT2D eigenvalue weighted by Gasteiger charge is 2.14. The molecule has 0 aliphatic carbocycles. The summed E-state index contributed by atoms with van der Waals surface area (Å²) in [5, 5.41) is 12.0. The Labute approximate surface area is 97.0 Å². The topological polar surface area (TPSA) is 45.0 Å². The molecule has 0 saturated carbocycles. The van der Waals surface area contributed by atoms with Crippen molar-refractivity contribution in [3.63, 3.8) is 0 Å². The van der Waals surface area contributed by atoms with Crippen molar-refractivity contribution in [2.45, 2.75) is 26.0 Å². The van der Waals surface area contributed by atoms with Crippen molar-refractivity contribution in [3.05, 3.63) is 35.4 Å². The van der Waals surface area contributed by atoms with E-state index in [0.717, 1.165) is 13.1 Å². The first-order valence-corrected chi connectivity index (χ1v) is 5.32. The minimum atomic E-state index is -0.146. The van der Waals surface area contributed by atoms with Crippen molar-refractivity contribution in [1.29, 1.82) is 5.26 Å². The van der Waals surface area contributed by atoms with E-state index in [1.54, 1.807) is 7.11 Å². The van der Waals surface area contributed by atoms with Crippen molar-refractivity contribution in [3.8, 4) is 6.07 Å². The summed E-state index contributed by atoms with van der Waals surface area (Å²) in [6, 6.07) is 9.69. The largest absolute Gasteiger partial charge is 0.377 e. The third-order valence-corrected chi connectivity index (χ3v) is 2.52.